The molecular weight excluding hydrogens is 378 g/mol. The molecule has 0 spiro atoms. The minimum Gasteiger partial charge on any atom is -0.493 e. The summed E-state index contributed by atoms with van der Waals surface area (Å²) < 4.78 is 37.9. The third-order valence-corrected chi connectivity index (χ3v) is 4.30. The van der Waals surface area contributed by atoms with Crippen LogP contribution in [0.1, 0.15) is 34.5 Å². The van der Waals surface area contributed by atoms with E-state index in [-0.39, 0.29) is 5.56 Å². The summed E-state index contributed by atoms with van der Waals surface area (Å²) in [7, 11) is 1.52. The Kier molecular flexibility index (Phi) is 6.39. The van der Waals surface area contributed by atoms with Gasteiger partial charge in [0.25, 0.3) is 5.91 Å². The Hall–Kier alpha value is -3.48. The van der Waals surface area contributed by atoms with Gasteiger partial charge in [0.15, 0.2) is 11.5 Å². The average Bonchev–Trinajstić information content (AvgIpc) is 2.72. The van der Waals surface area contributed by atoms with Crippen molar-refractivity contribution in [2.45, 2.75) is 19.6 Å². The number of rotatable bonds is 7. The maximum atomic E-state index is 13.3. The fourth-order valence-electron chi connectivity index (χ4n) is 2.76. The molecule has 0 fully saturated rings. The van der Waals surface area contributed by atoms with Gasteiger partial charge in [0.2, 0.25) is 0 Å². The summed E-state index contributed by atoms with van der Waals surface area (Å²) in [5.74, 6) is -1.12. The highest BCUT2D eigenvalue weighted by atomic mass is 19.1. The first-order valence-electron chi connectivity index (χ1n) is 8.93. The maximum absolute atomic E-state index is 13.3. The highest BCUT2D eigenvalue weighted by Gasteiger charge is 2.15. The van der Waals surface area contributed by atoms with Crippen molar-refractivity contribution in [3.63, 3.8) is 0 Å². The van der Waals surface area contributed by atoms with Crippen molar-refractivity contribution in [2.24, 2.45) is 0 Å². The molecule has 3 rings (SSSR count). The number of hydrogen-bond donors (Lipinski definition) is 1. The molecule has 1 unspecified atom stereocenters. The molecule has 29 heavy (non-hydrogen) atoms. The molecule has 0 saturated carbocycles. The second kappa shape index (κ2) is 9.14. The molecule has 0 saturated heterocycles. The topological polar surface area (TPSA) is 60.5 Å². The minimum absolute atomic E-state index is 0.0846. The fraction of sp³-hybridized carbons (Fsp3) is 0.182. The molecular formula is C22H20F2N2O3. The molecule has 1 N–H and O–H groups in total. The molecule has 0 aliphatic heterocycles. The maximum Gasteiger partial charge on any atom is 0.251 e. The highest BCUT2D eigenvalue weighted by molar-refractivity contribution is 5.94. The molecule has 150 valence electrons. The van der Waals surface area contributed by atoms with Crippen molar-refractivity contribution in [1.82, 2.24) is 10.3 Å². The van der Waals surface area contributed by atoms with Crippen LogP contribution in [0.15, 0.2) is 60.9 Å². The number of aromatic nitrogens is 1. The Labute approximate surface area is 167 Å². The second-order valence-corrected chi connectivity index (χ2v) is 6.41. The lowest BCUT2D eigenvalue weighted by Crippen LogP contribution is -2.26. The molecule has 7 heteroatoms. The predicted molar refractivity (Wildman–Crippen MR) is 104 cm³/mol. The van der Waals surface area contributed by atoms with Gasteiger partial charge in [-0.25, -0.2) is 8.78 Å². The number of nitrogens with one attached hydrogen (secondary N) is 1. The molecule has 0 radical (unpaired) electrons. The summed E-state index contributed by atoms with van der Waals surface area (Å²) in [5, 5.41) is 2.72. The fourth-order valence-corrected chi connectivity index (χ4v) is 2.76. The van der Waals surface area contributed by atoms with Gasteiger partial charge in [-0.3, -0.25) is 9.78 Å². The zero-order valence-electron chi connectivity index (χ0n) is 16.0. The lowest BCUT2D eigenvalue weighted by Gasteiger charge is -2.17. The molecule has 1 atom stereocenters. The van der Waals surface area contributed by atoms with Crippen LogP contribution in [0.2, 0.25) is 0 Å². The van der Waals surface area contributed by atoms with E-state index in [1.807, 2.05) is 12.1 Å². The van der Waals surface area contributed by atoms with Crippen molar-refractivity contribution >= 4 is 5.91 Å². The van der Waals surface area contributed by atoms with Gasteiger partial charge < -0.3 is 14.8 Å². The Morgan fingerprint density at radius 1 is 1.03 bits per heavy atom. The van der Waals surface area contributed by atoms with Crippen LogP contribution in [-0.4, -0.2) is 18.0 Å². The monoisotopic (exact) mass is 398 g/mol. The summed E-state index contributed by atoms with van der Waals surface area (Å²) in [5.41, 5.74) is 1.64. The van der Waals surface area contributed by atoms with E-state index in [0.29, 0.717) is 18.1 Å². The van der Waals surface area contributed by atoms with Crippen LogP contribution in [-0.2, 0) is 6.61 Å². The van der Waals surface area contributed by atoms with Gasteiger partial charge >= 0.3 is 0 Å². The Balaban J connectivity index is 1.70. The van der Waals surface area contributed by atoms with Crippen molar-refractivity contribution in [3.05, 3.63) is 89.2 Å². The van der Waals surface area contributed by atoms with Crippen LogP contribution >= 0.6 is 0 Å². The number of amides is 1. The van der Waals surface area contributed by atoms with Gasteiger partial charge in [-0.1, -0.05) is 6.07 Å². The highest BCUT2D eigenvalue weighted by Crippen LogP contribution is 2.31. The number of halogens is 2. The van der Waals surface area contributed by atoms with E-state index in [2.05, 4.69) is 10.3 Å². The van der Waals surface area contributed by atoms with Crippen LogP contribution in [0, 0.1) is 11.6 Å². The van der Waals surface area contributed by atoms with Crippen LogP contribution in [0.3, 0.4) is 0 Å². The summed E-state index contributed by atoms with van der Waals surface area (Å²) in [6.45, 7) is 2.12. The van der Waals surface area contributed by atoms with Crippen molar-refractivity contribution in [2.75, 3.05) is 7.11 Å². The molecule has 3 aromatic rings. The molecule has 1 amide bonds. The normalized spacial score (nSPS) is 11.6. The largest absolute Gasteiger partial charge is 0.493 e. The lowest BCUT2D eigenvalue weighted by molar-refractivity contribution is 0.0939. The molecule has 0 aliphatic rings. The quantitative estimate of drug-likeness (QED) is 0.639. The summed E-state index contributed by atoms with van der Waals surface area (Å²) >= 11 is 0. The molecule has 0 aliphatic carbocycles. The van der Waals surface area contributed by atoms with Crippen LogP contribution < -0.4 is 14.8 Å². The molecule has 1 aromatic heterocycles. The minimum atomic E-state index is -0.805. The van der Waals surface area contributed by atoms with E-state index in [1.165, 1.54) is 7.11 Å². The van der Waals surface area contributed by atoms with Gasteiger partial charge in [-0.15, -0.1) is 0 Å². The van der Waals surface area contributed by atoms with Crippen molar-refractivity contribution < 1.29 is 23.0 Å². The van der Waals surface area contributed by atoms with Crippen LogP contribution in [0.25, 0.3) is 0 Å². The first-order valence-corrected chi connectivity index (χ1v) is 8.93. The molecule has 5 nitrogen and oxygen atoms in total. The van der Waals surface area contributed by atoms with Gasteiger partial charge in [0, 0.05) is 24.0 Å². The van der Waals surface area contributed by atoms with E-state index in [0.717, 1.165) is 29.3 Å². The molecule has 1 heterocycles. The lowest BCUT2D eigenvalue weighted by atomic mass is 10.1. The number of carbonyl (C=O) groups is 1. The average molecular weight is 398 g/mol. The van der Waals surface area contributed by atoms with Gasteiger partial charge in [0.05, 0.1) is 13.2 Å². The van der Waals surface area contributed by atoms with Gasteiger partial charge in [-0.2, -0.15) is 0 Å². The molecule has 0 bridgehead atoms. The smallest absolute Gasteiger partial charge is 0.251 e. The number of benzene rings is 2. The number of methoxy groups -OCH3 is 1. The number of nitrogens with zero attached hydrogens (tertiary/aromatic N) is 1. The predicted octanol–water partition coefficient (Wildman–Crippen LogP) is 4.44. The summed E-state index contributed by atoms with van der Waals surface area (Å²) in [6.07, 6.45) is 3.38. The van der Waals surface area contributed by atoms with E-state index in [9.17, 15) is 13.6 Å². The zero-order valence-corrected chi connectivity index (χ0v) is 16.0. The number of ether oxygens (including phenoxy) is 2. The van der Waals surface area contributed by atoms with Gasteiger partial charge in [0.1, 0.15) is 18.2 Å². The number of pyridine rings is 1. The van der Waals surface area contributed by atoms with Gasteiger partial charge in [-0.05, 0) is 54.4 Å². The van der Waals surface area contributed by atoms with E-state index in [4.69, 9.17) is 9.47 Å². The summed E-state index contributed by atoms with van der Waals surface area (Å²) in [6, 6.07) is 11.3. The Bertz CT molecular complexity index is 976. The number of hydrogen-bond acceptors (Lipinski definition) is 4. The van der Waals surface area contributed by atoms with E-state index in [1.54, 1.807) is 37.5 Å². The van der Waals surface area contributed by atoms with Crippen LogP contribution in [0.5, 0.6) is 11.5 Å². The first kappa shape index (κ1) is 20.3. The standard InChI is InChI=1S/C22H20F2N2O3/c1-14(26-22(27)17-9-18(23)12-19(24)10-17)16-3-4-20(21(11-16)28-2)29-13-15-5-7-25-8-6-15/h3-12,14H,13H2,1-2H3,(H,26,27). The van der Waals surface area contributed by atoms with E-state index < -0.39 is 23.6 Å². The van der Waals surface area contributed by atoms with Crippen LogP contribution in [0.4, 0.5) is 8.78 Å². The third-order valence-electron chi connectivity index (χ3n) is 4.30. The first-order chi connectivity index (χ1) is 14.0. The second-order valence-electron chi connectivity index (χ2n) is 6.41. The third kappa shape index (κ3) is 5.28. The zero-order chi connectivity index (χ0) is 20.8. The van der Waals surface area contributed by atoms with Crippen molar-refractivity contribution in [1.29, 1.82) is 0 Å². The Morgan fingerprint density at radius 3 is 2.38 bits per heavy atom. The van der Waals surface area contributed by atoms with E-state index >= 15 is 0 Å². The molecule has 2 aromatic carbocycles. The summed E-state index contributed by atoms with van der Waals surface area (Å²) in [4.78, 5) is 16.3. The number of carbonyl (C=O) groups excluding carboxylic acids is 1. The van der Waals surface area contributed by atoms with Crippen molar-refractivity contribution in [3.8, 4) is 11.5 Å². The Morgan fingerprint density at radius 2 is 1.72 bits per heavy atom. The SMILES string of the molecule is COc1cc(C(C)NC(=O)c2cc(F)cc(F)c2)ccc1OCc1ccncc1.